The number of hydrogen-bond acceptors (Lipinski definition) is 7. The number of primary amides is 1. The van der Waals surface area contributed by atoms with Crippen LogP contribution in [0.15, 0.2) is 39.8 Å². The molecule has 152 valence electrons. The first kappa shape index (κ1) is 21.0. The summed E-state index contributed by atoms with van der Waals surface area (Å²) in [6.45, 7) is 1.42. The lowest BCUT2D eigenvalue weighted by atomic mass is 10.0. The van der Waals surface area contributed by atoms with E-state index in [1.165, 1.54) is 13.1 Å². The van der Waals surface area contributed by atoms with Gasteiger partial charge in [0.05, 0.1) is 18.2 Å². The van der Waals surface area contributed by atoms with E-state index in [1.807, 2.05) is 0 Å². The standard InChI is InChI=1S/C18H17Cl2N5O4/c1-9(17(21)27)12-7-22-25(18(28)16(12)20)8-15-23-14(24-29-15)6-13(26)10-2-4-11(19)5-3-10/h2-5,7,9,13,26H,6,8H2,1H3,(H2,21,27)/t9-,13+/m1/s1. The highest BCUT2D eigenvalue weighted by Gasteiger charge is 2.20. The zero-order valence-electron chi connectivity index (χ0n) is 15.2. The largest absolute Gasteiger partial charge is 0.388 e. The zero-order chi connectivity index (χ0) is 21.1. The molecule has 0 aliphatic carbocycles. The Balaban J connectivity index is 1.73. The molecule has 1 aromatic carbocycles. The number of nitrogens with zero attached hydrogens (tertiary/aromatic N) is 4. The Morgan fingerprint density at radius 2 is 2.00 bits per heavy atom. The van der Waals surface area contributed by atoms with E-state index in [0.717, 1.165) is 4.68 Å². The highest BCUT2D eigenvalue weighted by Crippen LogP contribution is 2.21. The fraction of sp³-hybridized carbons (Fsp3) is 0.278. The Kier molecular flexibility index (Phi) is 6.31. The van der Waals surface area contributed by atoms with Crippen LogP contribution in [0.4, 0.5) is 0 Å². The first-order chi connectivity index (χ1) is 13.8. The topological polar surface area (TPSA) is 137 Å². The first-order valence-corrected chi connectivity index (χ1v) is 9.31. The minimum Gasteiger partial charge on any atom is -0.388 e. The molecule has 2 atom stereocenters. The third-order valence-corrected chi connectivity index (χ3v) is 4.96. The Morgan fingerprint density at radius 3 is 2.66 bits per heavy atom. The van der Waals surface area contributed by atoms with Gasteiger partial charge in [-0.3, -0.25) is 9.59 Å². The number of halogens is 2. The second-order valence-corrected chi connectivity index (χ2v) is 7.19. The lowest BCUT2D eigenvalue weighted by Gasteiger charge is -2.10. The molecule has 0 aliphatic rings. The molecule has 9 nitrogen and oxygen atoms in total. The molecule has 11 heteroatoms. The minimum atomic E-state index is -0.845. The third kappa shape index (κ3) is 4.81. The highest BCUT2D eigenvalue weighted by atomic mass is 35.5. The Labute approximate surface area is 175 Å². The molecule has 0 fully saturated rings. The molecule has 1 amide bonds. The molecule has 2 heterocycles. The van der Waals surface area contributed by atoms with Gasteiger partial charge in [0.15, 0.2) is 5.82 Å². The molecule has 0 unspecified atom stereocenters. The van der Waals surface area contributed by atoms with E-state index in [2.05, 4.69) is 15.2 Å². The number of nitrogens with two attached hydrogens (primary N) is 1. The summed E-state index contributed by atoms with van der Waals surface area (Å²) in [5, 5.41) is 18.5. The van der Waals surface area contributed by atoms with Crippen LogP contribution in [0.5, 0.6) is 0 Å². The maximum Gasteiger partial charge on any atom is 0.286 e. The van der Waals surface area contributed by atoms with Crippen molar-refractivity contribution in [1.29, 1.82) is 0 Å². The van der Waals surface area contributed by atoms with Gasteiger partial charge >= 0.3 is 0 Å². The predicted octanol–water partition coefficient (Wildman–Crippen LogP) is 1.85. The second-order valence-electron chi connectivity index (χ2n) is 6.38. The van der Waals surface area contributed by atoms with Crippen molar-refractivity contribution < 1.29 is 14.4 Å². The number of aromatic nitrogens is 4. The number of aliphatic hydroxyl groups is 1. The average molecular weight is 438 g/mol. The van der Waals surface area contributed by atoms with E-state index in [4.69, 9.17) is 33.5 Å². The van der Waals surface area contributed by atoms with Crippen molar-refractivity contribution in [2.75, 3.05) is 0 Å². The van der Waals surface area contributed by atoms with Gasteiger partial charge in [-0.15, -0.1) is 0 Å². The van der Waals surface area contributed by atoms with E-state index in [9.17, 15) is 14.7 Å². The molecule has 29 heavy (non-hydrogen) atoms. The van der Waals surface area contributed by atoms with E-state index >= 15 is 0 Å². The lowest BCUT2D eigenvalue weighted by molar-refractivity contribution is -0.119. The number of amides is 1. The highest BCUT2D eigenvalue weighted by molar-refractivity contribution is 6.31. The summed E-state index contributed by atoms with van der Waals surface area (Å²) in [5.74, 6) is -0.987. The van der Waals surface area contributed by atoms with Crippen LogP contribution in [0.25, 0.3) is 0 Å². The molecule has 3 rings (SSSR count). The van der Waals surface area contributed by atoms with Crippen LogP contribution in [0.2, 0.25) is 10.0 Å². The van der Waals surface area contributed by atoms with Crippen molar-refractivity contribution in [3.05, 3.63) is 73.7 Å². The maximum absolute atomic E-state index is 12.4. The number of carbonyl (C=O) groups excluding carboxylic acids is 1. The van der Waals surface area contributed by atoms with Crippen LogP contribution in [0, 0.1) is 0 Å². The second kappa shape index (κ2) is 8.73. The molecule has 3 aromatic rings. The van der Waals surface area contributed by atoms with Gasteiger partial charge in [-0.05, 0) is 24.6 Å². The van der Waals surface area contributed by atoms with Crippen LogP contribution >= 0.6 is 23.2 Å². The summed E-state index contributed by atoms with van der Waals surface area (Å²) in [5.41, 5.74) is 5.54. The van der Waals surface area contributed by atoms with E-state index in [0.29, 0.717) is 10.6 Å². The number of hydrogen-bond donors (Lipinski definition) is 2. The SMILES string of the molecule is C[C@@H](C(N)=O)c1cnn(Cc2nc(C[C@H](O)c3ccc(Cl)cc3)no2)c(=O)c1Cl. The molecular weight excluding hydrogens is 421 g/mol. The van der Waals surface area contributed by atoms with E-state index < -0.39 is 23.5 Å². The fourth-order valence-electron chi connectivity index (χ4n) is 2.59. The number of carbonyl (C=O) groups is 1. The Bertz CT molecular complexity index is 1080. The quantitative estimate of drug-likeness (QED) is 0.574. The molecule has 0 bridgehead atoms. The van der Waals surface area contributed by atoms with E-state index in [1.54, 1.807) is 24.3 Å². The molecule has 0 spiro atoms. The Hall–Kier alpha value is -2.75. The first-order valence-electron chi connectivity index (χ1n) is 8.56. The summed E-state index contributed by atoms with van der Waals surface area (Å²) >= 11 is 11.9. The van der Waals surface area contributed by atoms with Crippen LogP contribution in [-0.2, 0) is 17.8 Å². The molecular formula is C18H17Cl2N5O4. The van der Waals surface area contributed by atoms with Gasteiger partial charge in [0.25, 0.3) is 5.56 Å². The van der Waals surface area contributed by atoms with Crippen LogP contribution in [0.1, 0.15) is 41.8 Å². The van der Waals surface area contributed by atoms with Crippen molar-refractivity contribution in [2.24, 2.45) is 5.73 Å². The molecule has 2 aromatic heterocycles. The molecule has 0 aliphatic heterocycles. The van der Waals surface area contributed by atoms with Crippen LogP contribution in [0.3, 0.4) is 0 Å². The molecule has 0 saturated carbocycles. The van der Waals surface area contributed by atoms with Gasteiger partial charge in [0, 0.05) is 17.0 Å². The normalized spacial score (nSPS) is 13.2. The number of benzene rings is 1. The summed E-state index contributed by atoms with van der Waals surface area (Å²) in [6, 6.07) is 6.75. The third-order valence-electron chi connectivity index (χ3n) is 4.33. The predicted molar refractivity (Wildman–Crippen MR) is 105 cm³/mol. The van der Waals surface area contributed by atoms with Gasteiger partial charge in [0.2, 0.25) is 11.8 Å². The van der Waals surface area contributed by atoms with Crippen LogP contribution in [-0.4, -0.2) is 30.9 Å². The smallest absolute Gasteiger partial charge is 0.286 e. The van der Waals surface area contributed by atoms with Crippen molar-refractivity contribution in [3.63, 3.8) is 0 Å². The van der Waals surface area contributed by atoms with Gasteiger partial charge in [-0.25, -0.2) is 4.68 Å². The maximum atomic E-state index is 12.4. The summed E-state index contributed by atoms with van der Waals surface area (Å²) in [4.78, 5) is 27.9. The number of rotatable bonds is 7. The van der Waals surface area contributed by atoms with Crippen molar-refractivity contribution in [1.82, 2.24) is 19.9 Å². The summed E-state index contributed by atoms with van der Waals surface area (Å²) < 4.78 is 6.16. The summed E-state index contributed by atoms with van der Waals surface area (Å²) in [7, 11) is 0. The molecule has 0 radical (unpaired) electrons. The van der Waals surface area contributed by atoms with E-state index in [-0.39, 0.29) is 35.3 Å². The molecule has 3 N–H and O–H groups in total. The van der Waals surface area contributed by atoms with Crippen molar-refractivity contribution in [2.45, 2.75) is 31.9 Å². The van der Waals surface area contributed by atoms with Crippen molar-refractivity contribution >= 4 is 29.1 Å². The average Bonchev–Trinajstić information content (AvgIpc) is 3.12. The van der Waals surface area contributed by atoms with Gasteiger partial charge in [-0.1, -0.05) is 40.5 Å². The minimum absolute atomic E-state index is 0.114. The van der Waals surface area contributed by atoms with Crippen molar-refractivity contribution in [3.8, 4) is 0 Å². The number of aliphatic hydroxyl groups excluding tert-OH is 1. The molecule has 0 saturated heterocycles. The van der Waals surface area contributed by atoms with Crippen LogP contribution < -0.4 is 11.3 Å². The zero-order valence-corrected chi connectivity index (χ0v) is 16.8. The monoisotopic (exact) mass is 437 g/mol. The Morgan fingerprint density at radius 1 is 1.31 bits per heavy atom. The fourth-order valence-corrected chi connectivity index (χ4v) is 3.02. The van der Waals surface area contributed by atoms with Gasteiger partial charge < -0.3 is 15.4 Å². The van der Waals surface area contributed by atoms with Gasteiger partial charge in [-0.2, -0.15) is 10.1 Å². The lowest BCUT2D eigenvalue weighted by Crippen LogP contribution is -2.28. The van der Waals surface area contributed by atoms with Gasteiger partial charge in [0.1, 0.15) is 11.6 Å². The summed E-state index contributed by atoms with van der Waals surface area (Å²) in [6.07, 6.45) is 0.576.